The van der Waals surface area contributed by atoms with Gasteiger partial charge in [-0.25, -0.2) is 8.42 Å². The van der Waals surface area contributed by atoms with Crippen molar-refractivity contribution in [3.8, 4) is 11.5 Å². The minimum atomic E-state index is -3.56. The molecule has 0 spiro atoms. The Kier molecular flexibility index (Phi) is 6.92. The summed E-state index contributed by atoms with van der Waals surface area (Å²) >= 11 is 1.14. The largest absolute Gasteiger partial charge is 0.411 e. The Hall–Kier alpha value is -2.69. The quantitative estimate of drug-likeness (QED) is 0.518. The Morgan fingerprint density at radius 2 is 1.81 bits per heavy atom. The molecule has 32 heavy (non-hydrogen) atoms. The Bertz CT molecular complexity index is 1180. The third-order valence-corrected chi connectivity index (χ3v) is 7.96. The first-order chi connectivity index (χ1) is 15.4. The van der Waals surface area contributed by atoms with Gasteiger partial charge in [-0.05, 0) is 50.1 Å². The van der Waals surface area contributed by atoms with Crippen LogP contribution in [0.4, 0.5) is 5.69 Å². The Balaban J connectivity index is 1.45. The summed E-state index contributed by atoms with van der Waals surface area (Å²) in [4.78, 5) is 12.6. The number of hydrogen-bond donors (Lipinski definition) is 1. The molecule has 1 fully saturated rings. The molecule has 1 N–H and O–H groups in total. The summed E-state index contributed by atoms with van der Waals surface area (Å²) < 4.78 is 33.1. The molecule has 0 radical (unpaired) electrons. The van der Waals surface area contributed by atoms with Crippen molar-refractivity contribution >= 4 is 33.4 Å². The number of carbonyl (C=O) groups excluding carboxylic acids is 1. The van der Waals surface area contributed by atoms with E-state index in [0.29, 0.717) is 24.3 Å². The van der Waals surface area contributed by atoms with Crippen LogP contribution in [0.1, 0.15) is 26.2 Å². The third-order valence-electron chi connectivity index (χ3n) is 5.13. The monoisotopic (exact) mass is 472 g/mol. The zero-order valence-corrected chi connectivity index (χ0v) is 19.2. The highest BCUT2D eigenvalue weighted by atomic mass is 32.2. The smallest absolute Gasteiger partial charge is 0.277 e. The number of para-hydroxylation sites is 1. The maximum absolute atomic E-state index is 13.0. The van der Waals surface area contributed by atoms with E-state index in [-0.39, 0.29) is 21.9 Å². The van der Waals surface area contributed by atoms with Gasteiger partial charge >= 0.3 is 0 Å². The van der Waals surface area contributed by atoms with Gasteiger partial charge in [0.15, 0.2) is 0 Å². The number of nitrogens with one attached hydrogen (secondary N) is 1. The molecule has 168 valence electrons. The lowest BCUT2D eigenvalue weighted by molar-refractivity contribution is -0.115. The highest BCUT2D eigenvalue weighted by Gasteiger charge is 2.26. The zero-order chi connectivity index (χ0) is 22.6. The second-order valence-electron chi connectivity index (χ2n) is 7.48. The van der Waals surface area contributed by atoms with Crippen LogP contribution in [-0.2, 0) is 14.8 Å². The van der Waals surface area contributed by atoms with Crippen LogP contribution in [0.25, 0.3) is 11.5 Å². The highest BCUT2D eigenvalue weighted by Crippen LogP contribution is 2.29. The number of piperidine rings is 1. The fourth-order valence-corrected chi connectivity index (χ4v) is 5.63. The second kappa shape index (κ2) is 9.85. The maximum Gasteiger partial charge on any atom is 0.277 e. The van der Waals surface area contributed by atoms with E-state index in [1.54, 1.807) is 31.2 Å². The number of sulfonamides is 1. The van der Waals surface area contributed by atoms with E-state index in [1.807, 2.05) is 30.3 Å². The van der Waals surface area contributed by atoms with Crippen LogP contribution >= 0.6 is 11.8 Å². The number of carbonyl (C=O) groups is 1. The number of hydrogen-bond acceptors (Lipinski definition) is 7. The normalized spacial score (nSPS) is 15.9. The van der Waals surface area contributed by atoms with Gasteiger partial charge in [0.05, 0.1) is 10.1 Å². The lowest BCUT2D eigenvalue weighted by Crippen LogP contribution is -2.35. The summed E-state index contributed by atoms with van der Waals surface area (Å²) in [6.45, 7) is 2.83. The molecule has 1 saturated heterocycles. The van der Waals surface area contributed by atoms with Crippen LogP contribution in [0.5, 0.6) is 0 Å². The molecular formula is C22H24N4O4S2. The molecule has 1 amide bonds. The van der Waals surface area contributed by atoms with Gasteiger partial charge in [0.25, 0.3) is 5.22 Å². The molecule has 0 aliphatic carbocycles. The van der Waals surface area contributed by atoms with E-state index in [9.17, 15) is 13.2 Å². The summed E-state index contributed by atoms with van der Waals surface area (Å²) in [5.74, 6) is 0.0226. The molecule has 0 saturated carbocycles. The van der Waals surface area contributed by atoms with Gasteiger partial charge in [0.2, 0.25) is 21.8 Å². The molecule has 2 aromatic carbocycles. The van der Waals surface area contributed by atoms with E-state index in [0.717, 1.165) is 31.0 Å². The molecule has 1 aromatic heterocycles. The van der Waals surface area contributed by atoms with E-state index < -0.39 is 15.3 Å². The predicted octanol–water partition coefficient (Wildman–Crippen LogP) is 4.03. The lowest BCUT2D eigenvalue weighted by Gasteiger charge is -2.25. The Morgan fingerprint density at radius 3 is 2.56 bits per heavy atom. The van der Waals surface area contributed by atoms with Crippen molar-refractivity contribution in [2.24, 2.45) is 0 Å². The SMILES string of the molecule is CC(Sc1nnc(-c2cccc(S(=O)(=O)N3CCCCC3)c2)o1)C(=O)Nc1ccccc1. The first kappa shape index (κ1) is 22.5. The molecule has 2 heterocycles. The minimum absolute atomic E-state index is 0.185. The van der Waals surface area contributed by atoms with E-state index in [2.05, 4.69) is 15.5 Å². The van der Waals surface area contributed by atoms with Crippen LogP contribution < -0.4 is 5.32 Å². The van der Waals surface area contributed by atoms with Crippen molar-refractivity contribution in [3.63, 3.8) is 0 Å². The molecule has 8 nitrogen and oxygen atoms in total. The molecule has 0 bridgehead atoms. The van der Waals surface area contributed by atoms with Gasteiger partial charge in [0, 0.05) is 24.3 Å². The van der Waals surface area contributed by atoms with Crippen LogP contribution in [0.2, 0.25) is 0 Å². The van der Waals surface area contributed by atoms with E-state index >= 15 is 0 Å². The number of aromatic nitrogens is 2. The molecular weight excluding hydrogens is 448 g/mol. The fourth-order valence-electron chi connectivity index (χ4n) is 3.39. The summed E-state index contributed by atoms with van der Waals surface area (Å²) in [7, 11) is -3.56. The molecule has 4 rings (SSSR count). The van der Waals surface area contributed by atoms with Crippen molar-refractivity contribution in [1.29, 1.82) is 0 Å². The zero-order valence-electron chi connectivity index (χ0n) is 17.6. The minimum Gasteiger partial charge on any atom is -0.411 e. The fraction of sp³-hybridized carbons (Fsp3) is 0.318. The number of nitrogens with zero attached hydrogens (tertiary/aromatic N) is 3. The lowest BCUT2D eigenvalue weighted by atomic mass is 10.2. The number of amides is 1. The average Bonchev–Trinajstić information content (AvgIpc) is 3.29. The molecule has 10 heteroatoms. The van der Waals surface area contributed by atoms with Gasteiger partial charge in [-0.3, -0.25) is 4.79 Å². The van der Waals surface area contributed by atoms with E-state index in [4.69, 9.17) is 4.42 Å². The first-order valence-electron chi connectivity index (χ1n) is 10.4. The van der Waals surface area contributed by atoms with Crippen molar-refractivity contribution in [3.05, 3.63) is 54.6 Å². The number of thioether (sulfide) groups is 1. The number of anilines is 1. The summed E-state index contributed by atoms with van der Waals surface area (Å²) in [5.41, 5.74) is 1.23. The highest BCUT2D eigenvalue weighted by molar-refractivity contribution is 8.00. The van der Waals surface area contributed by atoms with Gasteiger partial charge in [-0.15, -0.1) is 10.2 Å². The van der Waals surface area contributed by atoms with Crippen molar-refractivity contribution in [2.75, 3.05) is 18.4 Å². The summed E-state index contributed by atoms with van der Waals surface area (Å²) in [6.07, 6.45) is 2.80. The third kappa shape index (κ3) is 5.20. The molecule has 1 aliphatic heterocycles. The van der Waals surface area contributed by atoms with Crippen LogP contribution in [0.3, 0.4) is 0 Å². The van der Waals surface area contributed by atoms with Gasteiger partial charge in [0.1, 0.15) is 0 Å². The topological polar surface area (TPSA) is 105 Å². The van der Waals surface area contributed by atoms with Gasteiger partial charge in [-0.2, -0.15) is 4.31 Å². The average molecular weight is 473 g/mol. The van der Waals surface area contributed by atoms with Gasteiger partial charge in [-0.1, -0.05) is 42.4 Å². The number of benzene rings is 2. The van der Waals surface area contributed by atoms with Gasteiger partial charge < -0.3 is 9.73 Å². The predicted molar refractivity (Wildman–Crippen MR) is 123 cm³/mol. The van der Waals surface area contributed by atoms with Crippen molar-refractivity contribution < 1.29 is 17.6 Å². The molecule has 1 aliphatic rings. The standard InChI is InChI=1S/C22H24N4O4S2/c1-16(20(27)23-18-10-4-2-5-11-18)31-22-25-24-21(30-22)17-9-8-12-19(15-17)32(28,29)26-13-6-3-7-14-26/h2,4-5,8-12,15-16H,3,6-7,13-14H2,1H3,(H,23,27). The van der Waals surface area contributed by atoms with Crippen molar-refractivity contribution in [2.45, 2.75) is 41.6 Å². The van der Waals surface area contributed by atoms with Crippen molar-refractivity contribution in [1.82, 2.24) is 14.5 Å². The number of rotatable bonds is 7. The second-order valence-corrected chi connectivity index (χ2v) is 10.7. The van der Waals surface area contributed by atoms with Crippen LogP contribution in [-0.4, -0.2) is 47.2 Å². The maximum atomic E-state index is 13.0. The molecule has 3 aromatic rings. The molecule has 1 atom stereocenters. The summed E-state index contributed by atoms with van der Waals surface area (Å²) in [5, 5.41) is 10.7. The molecule has 1 unspecified atom stereocenters. The Labute approximate surface area is 191 Å². The van der Waals surface area contributed by atoms with Crippen LogP contribution in [0.15, 0.2) is 69.1 Å². The first-order valence-corrected chi connectivity index (χ1v) is 12.7. The summed E-state index contributed by atoms with van der Waals surface area (Å²) in [6, 6.07) is 15.7. The van der Waals surface area contributed by atoms with Crippen LogP contribution in [0, 0.1) is 0 Å². The Morgan fingerprint density at radius 1 is 1.06 bits per heavy atom. The van der Waals surface area contributed by atoms with E-state index in [1.165, 1.54) is 4.31 Å².